The van der Waals surface area contributed by atoms with E-state index in [1.165, 1.54) is 16.2 Å². The maximum atomic E-state index is 12.7. The normalized spacial score (nSPS) is 10.5. The molecule has 0 bridgehead atoms. The Labute approximate surface area is 157 Å². The van der Waals surface area contributed by atoms with Crippen LogP contribution in [0, 0.1) is 0 Å². The number of thiophene rings is 1. The molecule has 0 radical (unpaired) electrons. The molecule has 2 N–H and O–H groups in total. The molecule has 0 saturated carbocycles. The van der Waals surface area contributed by atoms with Gasteiger partial charge in [-0.2, -0.15) is 0 Å². The Kier molecular flexibility index (Phi) is 6.91. The summed E-state index contributed by atoms with van der Waals surface area (Å²) in [4.78, 5) is 38.9. The van der Waals surface area contributed by atoms with Crippen molar-refractivity contribution in [2.45, 2.75) is 26.8 Å². The lowest BCUT2D eigenvalue weighted by Crippen LogP contribution is -2.42. The Morgan fingerprint density at radius 1 is 1.15 bits per heavy atom. The second kappa shape index (κ2) is 9.15. The number of nitrogens with zero attached hydrogens (tertiary/aromatic N) is 1. The van der Waals surface area contributed by atoms with E-state index in [0.29, 0.717) is 22.7 Å². The number of hydrogen-bond donors (Lipinski definition) is 2. The van der Waals surface area contributed by atoms with Crippen molar-refractivity contribution in [3.8, 4) is 0 Å². The number of amides is 3. The summed E-state index contributed by atoms with van der Waals surface area (Å²) >= 11 is 1.35. The van der Waals surface area contributed by atoms with E-state index >= 15 is 0 Å². The molecule has 0 unspecified atom stereocenters. The highest BCUT2D eigenvalue weighted by atomic mass is 32.1. The van der Waals surface area contributed by atoms with Crippen LogP contribution >= 0.6 is 11.3 Å². The molecule has 6 nitrogen and oxygen atoms in total. The lowest BCUT2D eigenvalue weighted by Gasteiger charge is -2.21. The minimum Gasteiger partial charge on any atom is -0.352 e. The molecule has 138 valence electrons. The number of benzene rings is 1. The molecule has 1 aromatic heterocycles. The summed E-state index contributed by atoms with van der Waals surface area (Å²) in [7, 11) is 0. The molecule has 1 aromatic carbocycles. The fourth-order valence-electron chi connectivity index (χ4n) is 2.38. The second-order valence-electron chi connectivity index (χ2n) is 6.05. The van der Waals surface area contributed by atoms with Crippen molar-refractivity contribution in [2.24, 2.45) is 0 Å². The first-order valence-corrected chi connectivity index (χ1v) is 9.32. The predicted octanol–water partition coefficient (Wildman–Crippen LogP) is 2.99. The highest BCUT2D eigenvalue weighted by Crippen LogP contribution is 2.16. The van der Waals surface area contributed by atoms with Crippen LogP contribution in [-0.4, -0.2) is 41.8 Å². The molecule has 0 aliphatic rings. The van der Waals surface area contributed by atoms with Crippen LogP contribution in [0.15, 0.2) is 41.8 Å². The van der Waals surface area contributed by atoms with Gasteiger partial charge >= 0.3 is 0 Å². The molecule has 0 aliphatic carbocycles. The molecule has 0 saturated heterocycles. The van der Waals surface area contributed by atoms with Gasteiger partial charge in [-0.1, -0.05) is 12.1 Å². The first-order chi connectivity index (χ1) is 12.4. The number of nitrogens with one attached hydrogen (secondary N) is 2. The van der Waals surface area contributed by atoms with E-state index in [0.717, 1.165) is 0 Å². The largest absolute Gasteiger partial charge is 0.352 e. The van der Waals surface area contributed by atoms with Gasteiger partial charge in [-0.05, 0) is 50.4 Å². The maximum absolute atomic E-state index is 12.7. The topological polar surface area (TPSA) is 78.5 Å². The van der Waals surface area contributed by atoms with Gasteiger partial charge in [-0.3, -0.25) is 14.4 Å². The van der Waals surface area contributed by atoms with Gasteiger partial charge in [-0.25, -0.2) is 0 Å². The lowest BCUT2D eigenvalue weighted by atomic mass is 10.1. The number of hydrogen-bond acceptors (Lipinski definition) is 4. The summed E-state index contributed by atoms with van der Waals surface area (Å²) in [5, 5.41) is 7.39. The SMILES string of the molecule is CCN(CC(=O)NC(C)C)C(=O)c1cccc(NC(=O)c2cccs2)c1. The number of anilines is 1. The summed E-state index contributed by atoms with van der Waals surface area (Å²) in [5.74, 6) is -0.663. The van der Waals surface area contributed by atoms with Gasteiger partial charge in [0.1, 0.15) is 0 Å². The van der Waals surface area contributed by atoms with Gasteiger partial charge in [0.2, 0.25) is 5.91 Å². The highest BCUT2D eigenvalue weighted by molar-refractivity contribution is 7.12. The van der Waals surface area contributed by atoms with Crippen LogP contribution in [0.3, 0.4) is 0 Å². The smallest absolute Gasteiger partial charge is 0.265 e. The first-order valence-electron chi connectivity index (χ1n) is 8.44. The third-order valence-electron chi connectivity index (χ3n) is 3.57. The maximum Gasteiger partial charge on any atom is 0.265 e. The number of carbonyl (C=O) groups is 3. The average molecular weight is 373 g/mol. The molecule has 2 aromatic rings. The monoisotopic (exact) mass is 373 g/mol. The van der Waals surface area contributed by atoms with E-state index in [1.54, 1.807) is 36.4 Å². The van der Waals surface area contributed by atoms with E-state index in [2.05, 4.69) is 10.6 Å². The fraction of sp³-hybridized carbons (Fsp3) is 0.316. The van der Waals surface area contributed by atoms with Crippen molar-refractivity contribution in [1.82, 2.24) is 10.2 Å². The van der Waals surface area contributed by atoms with Crippen molar-refractivity contribution in [3.05, 3.63) is 52.2 Å². The van der Waals surface area contributed by atoms with Crippen LogP contribution in [-0.2, 0) is 4.79 Å². The molecule has 26 heavy (non-hydrogen) atoms. The van der Waals surface area contributed by atoms with Crippen molar-refractivity contribution in [1.29, 1.82) is 0 Å². The standard InChI is InChI=1S/C19H23N3O3S/c1-4-22(12-17(23)20-13(2)3)19(25)14-7-5-8-15(11-14)21-18(24)16-9-6-10-26-16/h5-11,13H,4,12H2,1-3H3,(H,20,23)(H,21,24). The summed E-state index contributed by atoms with van der Waals surface area (Å²) in [6.07, 6.45) is 0. The molecule has 7 heteroatoms. The van der Waals surface area contributed by atoms with E-state index < -0.39 is 0 Å². The zero-order valence-corrected chi connectivity index (χ0v) is 15.9. The van der Waals surface area contributed by atoms with Crippen LogP contribution in [0.4, 0.5) is 5.69 Å². The van der Waals surface area contributed by atoms with Crippen molar-refractivity contribution < 1.29 is 14.4 Å². The molecule has 0 aliphatic heterocycles. The molecule has 0 atom stereocenters. The van der Waals surface area contributed by atoms with Crippen molar-refractivity contribution in [3.63, 3.8) is 0 Å². The Bertz CT molecular complexity index is 772. The highest BCUT2D eigenvalue weighted by Gasteiger charge is 2.18. The first kappa shape index (κ1) is 19.7. The van der Waals surface area contributed by atoms with Gasteiger partial charge < -0.3 is 15.5 Å². The molecule has 0 fully saturated rings. The van der Waals surface area contributed by atoms with E-state index in [1.807, 2.05) is 26.2 Å². The number of likely N-dealkylation sites (N-methyl/N-ethyl adjacent to an activating group) is 1. The van der Waals surface area contributed by atoms with Gasteiger partial charge in [0.15, 0.2) is 0 Å². The molecular weight excluding hydrogens is 350 g/mol. The molecular formula is C19H23N3O3S. The van der Waals surface area contributed by atoms with Gasteiger partial charge in [0.25, 0.3) is 11.8 Å². The lowest BCUT2D eigenvalue weighted by molar-refractivity contribution is -0.122. The Balaban J connectivity index is 2.08. The van der Waals surface area contributed by atoms with E-state index in [9.17, 15) is 14.4 Å². The van der Waals surface area contributed by atoms with Gasteiger partial charge in [0, 0.05) is 23.8 Å². The Morgan fingerprint density at radius 2 is 1.92 bits per heavy atom. The van der Waals surface area contributed by atoms with Crippen LogP contribution < -0.4 is 10.6 Å². The summed E-state index contributed by atoms with van der Waals surface area (Å²) in [6.45, 7) is 5.98. The van der Waals surface area contributed by atoms with Gasteiger partial charge in [-0.15, -0.1) is 11.3 Å². The van der Waals surface area contributed by atoms with Crippen LogP contribution in [0.2, 0.25) is 0 Å². The molecule has 0 spiro atoms. The number of rotatable bonds is 7. The van der Waals surface area contributed by atoms with Crippen LogP contribution in [0.5, 0.6) is 0 Å². The molecule has 3 amide bonds. The number of carbonyl (C=O) groups excluding carboxylic acids is 3. The van der Waals surface area contributed by atoms with Crippen molar-refractivity contribution in [2.75, 3.05) is 18.4 Å². The summed E-state index contributed by atoms with van der Waals surface area (Å²) in [5.41, 5.74) is 0.963. The second-order valence-corrected chi connectivity index (χ2v) is 7.00. The van der Waals surface area contributed by atoms with E-state index in [-0.39, 0.29) is 30.3 Å². The van der Waals surface area contributed by atoms with E-state index in [4.69, 9.17) is 0 Å². The Hall–Kier alpha value is -2.67. The Morgan fingerprint density at radius 3 is 2.54 bits per heavy atom. The van der Waals surface area contributed by atoms with Crippen LogP contribution in [0.1, 0.15) is 40.8 Å². The average Bonchev–Trinajstić information content (AvgIpc) is 3.13. The van der Waals surface area contributed by atoms with Crippen LogP contribution in [0.25, 0.3) is 0 Å². The van der Waals surface area contributed by atoms with Crippen molar-refractivity contribution >= 4 is 34.7 Å². The zero-order chi connectivity index (χ0) is 19.1. The third kappa shape index (κ3) is 5.42. The molecule has 2 rings (SSSR count). The summed E-state index contributed by atoms with van der Waals surface area (Å²) < 4.78 is 0. The zero-order valence-electron chi connectivity index (χ0n) is 15.1. The predicted molar refractivity (Wildman–Crippen MR) is 104 cm³/mol. The molecule has 1 heterocycles. The minimum atomic E-state index is -0.251. The minimum absolute atomic E-state index is 0.000699. The summed E-state index contributed by atoms with van der Waals surface area (Å²) in [6, 6.07) is 10.3. The third-order valence-corrected chi connectivity index (χ3v) is 4.43. The quantitative estimate of drug-likeness (QED) is 0.783. The van der Waals surface area contributed by atoms with Gasteiger partial charge in [0.05, 0.1) is 11.4 Å². The fourth-order valence-corrected chi connectivity index (χ4v) is 3.00.